The third-order valence-corrected chi connectivity index (χ3v) is 9.64. The van der Waals surface area contributed by atoms with Gasteiger partial charge in [-0.2, -0.15) is 0 Å². The molecular formula is C34H43N3O5. The molecule has 1 aromatic heterocycles. The first-order chi connectivity index (χ1) is 20.4. The number of amides is 2. The van der Waals surface area contributed by atoms with Crippen molar-refractivity contribution in [2.24, 2.45) is 12.5 Å². The number of likely N-dealkylation sites (tertiary alicyclic amines) is 1. The minimum absolute atomic E-state index is 0.0144. The summed E-state index contributed by atoms with van der Waals surface area (Å²) < 4.78 is 20.6. The van der Waals surface area contributed by atoms with E-state index in [1.54, 1.807) is 0 Å². The van der Waals surface area contributed by atoms with Crippen LogP contribution in [0.3, 0.4) is 0 Å². The van der Waals surface area contributed by atoms with E-state index in [-0.39, 0.29) is 29.9 Å². The number of aryl methyl sites for hydroxylation is 2. The van der Waals surface area contributed by atoms with Crippen molar-refractivity contribution in [2.45, 2.75) is 57.9 Å². The number of hydrogen-bond acceptors (Lipinski definition) is 5. The molecule has 3 aliphatic rings. The van der Waals surface area contributed by atoms with Gasteiger partial charge in [-0.15, -0.1) is 0 Å². The van der Waals surface area contributed by atoms with Crippen LogP contribution in [-0.4, -0.2) is 78.3 Å². The van der Waals surface area contributed by atoms with Crippen LogP contribution in [0.4, 0.5) is 0 Å². The van der Waals surface area contributed by atoms with E-state index >= 15 is 0 Å². The molecule has 4 heterocycles. The van der Waals surface area contributed by atoms with E-state index < -0.39 is 0 Å². The Morgan fingerprint density at radius 2 is 1.86 bits per heavy atom. The lowest BCUT2D eigenvalue weighted by molar-refractivity contribution is -0.136. The number of aromatic nitrogens is 1. The second-order valence-corrected chi connectivity index (χ2v) is 12.3. The first-order valence-corrected chi connectivity index (χ1v) is 15.5. The Morgan fingerprint density at radius 3 is 2.71 bits per heavy atom. The number of carbonyl (C=O) groups excluding carboxylic acids is 2. The maximum absolute atomic E-state index is 13.6. The van der Waals surface area contributed by atoms with Gasteiger partial charge in [-0.05, 0) is 81.8 Å². The number of carbonyl (C=O) groups is 2. The van der Waals surface area contributed by atoms with Gasteiger partial charge in [0.05, 0.1) is 24.8 Å². The molecule has 0 saturated carbocycles. The Labute approximate surface area is 248 Å². The highest BCUT2D eigenvalue weighted by atomic mass is 16.5. The third-order valence-electron chi connectivity index (χ3n) is 9.64. The topological polar surface area (TPSA) is 73.2 Å². The maximum Gasteiger partial charge on any atom is 0.260 e. The molecule has 0 bridgehead atoms. The molecule has 0 radical (unpaired) electrons. The van der Waals surface area contributed by atoms with Crippen molar-refractivity contribution in [1.82, 2.24) is 14.4 Å². The van der Waals surface area contributed by atoms with Gasteiger partial charge in [0.2, 0.25) is 0 Å². The SMILES string of the molecule is Cc1cc2cc(OCC(=O)N3CCC4(CCCCOC[C@@H]5CCCN5C(=O)c5ccccc5OC4)CC3)ccc2n1C. The van der Waals surface area contributed by atoms with Crippen LogP contribution in [0, 0.1) is 12.3 Å². The predicted octanol–water partition coefficient (Wildman–Crippen LogP) is 5.36. The van der Waals surface area contributed by atoms with Crippen molar-refractivity contribution in [3.8, 4) is 11.5 Å². The monoisotopic (exact) mass is 573 g/mol. The highest BCUT2D eigenvalue weighted by Crippen LogP contribution is 2.38. The van der Waals surface area contributed by atoms with E-state index in [0.717, 1.165) is 62.4 Å². The Kier molecular flexibility index (Phi) is 8.43. The number of benzene rings is 2. The lowest BCUT2D eigenvalue weighted by Crippen LogP contribution is -2.47. The van der Waals surface area contributed by atoms with E-state index in [4.69, 9.17) is 14.2 Å². The molecule has 3 aliphatic heterocycles. The standard InChI is InChI=1S/C34H43N3O5/c1-25-20-26-21-28(11-12-30(26)35(25)2)41-23-32(38)36-17-14-34(15-18-36)13-5-6-19-40-22-27-8-7-16-37(27)33(39)29-9-3-4-10-31(29)42-24-34/h3-4,9-12,20-21,27H,5-8,13-19,22-24H2,1-2H3/t27-/m0/s1. The van der Waals surface area contributed by atoms with E-state index in [1.165, 1.54) is 5.69 Å². The molecule has 1 spiro atoms. The molecular weight excluding hydrogens is 530 g/mol. The lowest BCUT2D eigenvalue weighted by atomic mass is 9.75. The van der Waals surface area contributed by atoms with Crippen LogP contribution in [0.15, 0.2) is 48.5 Å². The fourth-order valence-corrected chi connectivity index (χ4v) is 6.84. The summed E-state index contributed by atoms with van der Waals surface area (Å²) in [6.07, 6.45) is 6.77. The van der Waals surface area contributed by atoms with Gasteiger partial charge in [0.1, 0.15) is 11.5 Å². The van der Waals surface area contributed by atoms with Gasteiger partial charge in [-0.1, -0.05) is 18.6 Å². The Morgan fingerprint density at radius 1 is 1.02 bits per heavy atom. The van der Waals surface area contributed by atoms with Crippen LogP contribution < -0.4 is 9.47 Å². The second kappa shape index (κ2) is 12.4. The highest BCUT2D eigenvalue weighted by molar-refractivity contribution is 5.97. The van der Waals surface area contributed by atoms with Crippen LogP contribution in [-0.2, 0) is 16.6 Å². The molecule has 3 aromatic rings. The zero-order valence-corrected chi connectivity index (χ0v) is 25.0. The predicted molar refractivity (Wildman–Crippen MR) is 162 cm³/mol. The Hall–Kier alpha value is -3.52. The Bertz CT molecular complexity index is 1420. The third kappa shape index (κ3) is 6.00. The number of fused-ring (bicyclic) bond motifs is 3. The zero-order chi connectivity index (χ0) is 29.1. The molecule has 0 N–H and O–H groups in total. The molecule has 2 fully saturated rings. The molecule has 8 heteroatoms. The summed E-state index contributed by atoms with van der Waals surface area (Å²) in [6, 6.07) is 15.9. The molecule has 8 nitrogen and oxygen atoms in total. The average Bonchev–Trinajstić information content (AvgIpc) is 3.59. The van der Waals surface area contributed by atoms with E-state index in [2.05, 4.69) is 24.6 Å². The number of ether oxygens (including phenoxy) is 3. The van der Waals surface area contributed by atoms with Gasteiger partial charge in [-0.25, -0.2) is 0 Å². The van der Waals surface area contributed by atoms with E-state index in [0.29, 0.717) is 50.0 Å². The summed E-state index contributed by atoms with van der Waals surface area (Å²) in [5, 5.41) is 1.11. The quantitative estimate of drug-likeness (QED) is 0.422. The molecule has 1 atom stereocenters. The van der Waals surface area contributed by atoms with Gasteiger partial charge in [-0.3, -0.25) is 9.59 Å². The molecule has 0 aliphatic carbocycles. The van der Waals surface area contributed by atoms with Crippen LogP contribution in [0.5, 0.6) is 11.5 Å². The number of para-hydroxylation sites is 1. The van der Waals surface area contributed by atoms with Gasteiger partial charge in [0.25, 0.3) is 11.8 Å². The summed E-state index contributed by atoms with van der Waals surface area (Å²) in [4.78, 5) is 30.6. The van der Waals surface area contributed by atoms with Crippen molar-refractivity contribution in [3.63, 3.8) is 0 Å². The fourth-order valence-electron chi connectivity index (χ4n) is 6.84. The maximum atomic E-state index is 13.6. The summed E-state index contributed by atoms with van der Waals surface area (Å²) in [6.45, 7) is 6.07. The van der Waals surface area contributed by atoms with E-state index in [9.17, 15) is 9.59 Å². The van der Waals surface area contributed by atoms with Crippen molar-refractivity contribution < 1.29 is 23.8 Å². The first kappa shape index (κ1) is 28.6. The number of rotatable bonds is 3. The van der Waals surface area contributed by atoms with Gasteiger partial charge >= 0.3 is 0 Å². The van der Waals surface area contributed by atoms with Gasteiger partial charge < -0.3 is 28.6 Å². The van der Waals surface area contributed by atoms with Gasteiger partial charge in [0.15, 0.2) is 6.61 Å². The lowest BCUT2D eigenvalue weighted by Gasteiger charge is -2.42. The molecule has 2 amide bonds. The smallest absolute Gasteiger partial charge is 0.260 e. The summed E-state index contributed by atoms with van der Waals surface area (Å²) >= 11 is 0. The van der Waals surface area contributed by atoms with Crippen LogP contribution in [0.1, 0.15) is 61.0 Å². The highest BCUT2D eigenvalue weighted by Gasteiger charge is 2.37. The van der Waals surface area contributed by atoms with Crippen molar-refractivity contribution in [3.05, 3.63) is 59.8 Å². The first-order valence-electron chi connectivity index (χ1n) is 15.5. The molecule has 2 aromatic carbocycles. The van der Waals surface area contributed by atoms with Crippen molar-refractivity contribution >= 4 is 22.7 Å². The molecule has 0 unspecified atom stereocenters. The summed E-state index contributed by atoms with van der Waals surface area (Å²) in [7, 11) is 2.05. The molecule has 6 rings (SSSR count). The number of hydrogen-bond donors (Lipinski definition) is 0. The minimum atomic E-state index is -0.0513. The molecule has 42 heavy (non-hydrogen) atoms. The van der Waals surface area contributed by atoms with Crippen molar-refractivity contribution in [1.29, 1.82) is 0 Å². The van der Waals surface area contributed by atoms with Crippen molar-refractivity contribution in [2.75, 3.05) is 46.1 Å². The number of piperidine rings is 1. The van der Waals surface area contributed by atoms with Crippen LogP contribution in [0.25, 0.3) is 10.9 Å². The minimum Gasteiger partial charge on any atom is -0.492 e. The summed E-state index contributed by atoms with van der Waals surface area (Å²) in [5.41, 5.74) is 2.91. The average molecular weight is 574 g/mol. The number of nitrogens with zero attached hydrogens (tertiary/aromatic N) is 3. The zero-order valence-electron chi connectivity index (χ0n) is 25.0. The van der Waals surface area contributed by atoms with Crippen LogP contribution in [0.2, 0.25) is 0 Å². The van der Waals surface area contributed by atoms with Gasteiger partial charge in [0, 0.05) is 55.3 Å². The fraction of sp³-hybridized carbons (Fsp3) is 0.529. The second-order valence-electron chi connectivity index (χ2n) is 12.3. The van der Waals surface area contributed by atoms with E-state index in [1.807, 2.05) is 52.3 Å². The normalized spacial score (nSPS) is 21.5. The van der Waals surface area contributed by atoms with Crippen LogP contribution >= 0.6 is 0 Å². The largest absolute Gasteiger partial charge is 0.492 e. The molecule has 224 valence electrons. The molecule has 2 saturated heterocycles. The summed E-state index contributed by atoms with van der Waals surface area (Å²) in [5.74, 6) is 1.42. The Balaban J connectivity index is 1.10.